The van der Waals surface area contributed by atoms with Gasteiger partial charge in [-0.2, -0.15) is 0 Å². The molecule has 1 amide bonds. The molecule has 0 saturated heterocycles. The Morgan fingerprint density at radius 1 is 0.857 bits per heavy atom. The van der Waals surface area contributed by atoms with Crippen molar-refractivity contribution in [2.75, 3.05) is 24.5 Å². The standard InChI is InChI=1S/C24H33N3O/c25-16-8-2-9-17-26-24(28)15-3-1-10-18-27-22-13-6-4-11-20(22)19-21-12-5-7-14-23(21)27/h4-7,11-14H,1-3,8-10,15-19,25H2,(H,26,28). The van der Waals surface area contributed by atoms with Gasteiger partial charge in [-0.15, -0.1) is 0 Å². The van der Waals surface area contributed by atoms with E-state index in [9.17, 15) is 4.79 Å². The van der Waals surface area contributed by atoms with Crippen LogP contribution in [0.1, 0.15) is 56.1 Å². The summed E-state index contributed by atoms with van der Waals surface area (Å²) in [5, 5.41) is 3.02. The number of benzene rings is 2. The molecule has 3 N–H and O–H groups in total. The third-order valence-electron chi connectivity index (χ3n) is 5.43. The van der Waals surface area contributed by atoms with E-state index in [1.54, 1.807) is 0 Å². The van der Waals surface area contributed by atoms with E-state index in [-0.39, 0.29) is 5.91 Å². The molecular weight excluding hydrogens is 346 g/mol. The van der Waals surface area contributed by atoms with Crippen molar-refractivity contribution >= 4 is 17.3 Å². The Hall–Kier alpha value is -2.33. The summed E-state index contributed by atoms with van der Waals surface area (Å²) in [6.45, 7) is 2.51. The Balaban J connectivity index is 1.42. The number of carbonyl (C=O) groups is 1. The van der Waals surface area contributed by atoms with Gasteiger partial charge >= 0.3 is 0 Å². The summed E-state index contributed by atoms with van der Waals surface area (Å²) in [6, 6.07) is 17.4. The number of carbonyl (C=O) groups excluding carboxylic acids is 1. The van der Waals surface area contributed by atoms with Gasteiger partial charge in [-0.1, -0.05) is 49.2 Å². The van der Waals surface area contributed by atoms with Crippen molar-refractivity contribution in [3.8, 4) is 0 Å². The van der Waals surface area contributed by atoms with Crippen molar-refractivity contribution in [1.29, 1.82) is 0 Å². The second kappa shape index (κ2) is 10.9. The van der Waals surface area contributed by atoms with Crippen LogP contribution in [0.25, 0.3) is 0 Å². The Labute approximate surface area is 169 Å². The van der Waals surface area contributed by atoms with Crippen LogP contribution >= 0.6 is 0 Å². The zero-order chi connectivity index (χ0) is 19.6. The lowest BCUT2D eigenvalue weighted by Gasteiger charge is -2.33. The van der Waals surface area contributed by atoms with Crippen molar-refractivity contribution in [2.45, 2.75) is 51.4 Å². The molecule has 1 aliphatic rings. The maximum absolute atomic E-state index is 11.9. The number of unbranched alkanes of at least 4 members (excludes halogenated alkanes) is 4. The summed E-state index contributed by atoms with van der Waals surface area (Å²) < 4.78 is 0. The van der Waals surface area contributed by atoms with Crippen LogP contribution in [0.3, 0.4) is 0 Å². The fraction of sp³-hybridized carbons (Fsp3) is 0.458. The van der Waals surface area contributed by atoms with E-state index >= 15 is 0 Å². The Morgan fingerprint density at radius 3 is 2.18 bits per heavy atom. The maximum atomic E-state index is 11.9. The van der Waals surface area contributed by atoms with Gasteiger partial charge in [0.1, 0.15) is 0 Å². The highest BCUT2D eigenvalue weighted by molar-refractivity contribution is 5.76. The number of amides is 1. The zero-order valence-electron chi connectivity index (χ0n) is 16.8. The van der Waals surface area contributed by atoms with E-state index in [1.165, 1.54) is 22.5 Å². The normalized spacial score (nSPS) is 12.4. The van der Waals surface area contributed by atoms with Gasteiger partial charge in [0.05, 0.1) is 0 Å². The van der Waals surface area contributed by atoms with Gasteiger partial charge in [0.15, 0.2) is 0 Å². The lowest BCUT2D eigenvalue weighted by atomic mass is 9.95. The molecule has 0 atom stereocenters. The molecule has 28 heavy (non-hydrogen) atoms. The molecule has 0 saturated carbocycles. The fourth-order valence-corrected chi connectivity index (χ4v) is 3.92. The number of hydrogen-bond donors (Lipinski definition) is 2. The van der Waals surface area contributed by atoms with Gasteiger partial charge < -0.3 is 16.0 Å². The third-order valence-corrected chi connectivity index (χ3v) is 5.43. The van der Waals surface area contributed by atoms with Gasteiger partial charge in [0.2, 0.25) is 5.91 Å². The summed E-state index contributed by atoms with van der Waals surface area (Å²) in [5.74, 6) is 0.182. The number of hydrogen-bond acceptors (Lipinski definition) is 3. The van der Waals surface area contributed by atoms with E-state index in [1.807, 2.05) is 0 Å². The van der Waals surface area contributed by atoms with Gasteiger partial charge in [0.25, 0.3) is 0 Å². The quantitative estimate of drug-likeness (QED) is 0.564. The van der Waals surface area contributed by atoms with Gasteiger partial charge in [-0.05, 0) is 55.5 Å². The number of para-hydroxylation sites is 2. The molecule has 4 nitrogen and oxygen atoms in total. The Bertz CT molecular complexity index is 714. The lowest BCUT2D eigenvalue weighted by Crippen LogP contribution is -2.25. The molecule has 0 aliphatic carbocycles. The van der Waals surface area contributed by atoms with E-state index in [2.05, 4.69) is 58.7 Å². The van der Waals surface area contributed by atoms with Crippen LogP contribution < -0.4 is 16.0 Å². The summed E-state index contributed by atoms with van der Waals surface area (Å²) in [7, 11) is 0. The molecule has 0 unspecified atom stereocenters. The first-order valence-corrected chi connectivity index (χ1v) is 10.7. The highest BCUT2D eigenvalue weighted by Crippen LogP contribution is 2.38. The van der Waals surface area contributed by atoms with Crippen LogP contribution in [-0.2, 0) is 11.2 Å². The third kappa shape index (κ3) is 5.59. The maximum Gasteiger partial charge on any atom is 0.219 e. The predicted molar refractivity (Wildman–Crippen MR) is 117 cm³/mol. The highest BCUT2D eigenvalue weighted by atomic mass is 16.1. The molecule has 4 heteroatoms. The second-order valence-corrected chi connectivity index (χ2v) is 7.60. The number of nitrogens with one attached hydrogen (secondary N) is 1. The van der Waals surface area contributed by atoms with Gasteiger partial charge in [-0.3, -0.25) is 4.79 Å². The molecule has 1 aliphatic heterocycles. The number of fused-ring (bicyclic) bond motifs is 2. The summed E-state index contributed by atoms with van der Waals surface area (Å²) in [6.07, 6.45) is 7.91. The minimum atomic E-state index is 0.182. The van der Waals surface area contributed by atoms with Gasteiger partial charge in [0, 0.05) is 37.3 Å². The average Bonchev–Trinajstić information content (AvgIpc) is 2.72. The minimum Gasteiger partial charge on any atom is -0.356 e. The predicted octanol–water partition coefficient (Wildman–Crippen LogP) is 4.53. The Morgan fingerprint density at radius 2 is 1.50 bits per heavy atom. The van der Waals surface area contributed by atoms with Crippen LogP contribution in [0, 0.1) is 0 Å². The van der Waals surface area contributed by atoms with Crippen molar-refractivity contribution in [3.63, 3.8) is 0 Å². The Kier molecular flexibility index (Phi) is 7.92. The molecular formula is C24H33N3O. The SMILES string of the molecule is NCCCCCNC(=O)CCCCCN1c2ccccc2Cc2ccccc21. The smallest absolute Gasteiger partial charge is 0.219 e. The van der Waals surface area contributed by atoms with Crippen molar-refractivity contribution < 1.29 is 4.79 Å². The van der Waals surface area contributed by atoms with Crippen LogP contribution in [0.15, 0.2) is 48.5 Å². The first kappa shape index (κ1) is 20.4. The number of nitrogens with two attached hydrogens (primary N) is 1. The van der Waals surface area contributed by atoms with Crippen LogP contribution in [0.4, 0.5) is 11.4 Å². The molecule has 0 fully saturated rings. The number of rotatable bonds is 11. The summed E-state index contributed by atoms with van der Waals surface area (Å²) in [5.41, 5.74) is 10.9. The molecule has 0 aromatic heterocycles. The number of anilines is 2. The first-order chi connectivity index (χ1) is 13.8. The largest absolute Gasteiger partial charge is 0.356 e. The number of nitrogens with zero attached hydrogens (tertiary/aromatic N) is 1. The van der Waals surface area contributed by atoms with Crippen molar-refractivity contribution in [1.82, 2.24) is 5.32 Å². The molecule has 0 spiro atoms. The van der Waals surface area contributed by atoms with E-state index in [0.717, 1.165) is 64.6 Å². The van der Waals surface area contributed by atoms with Crippen molar-refractivity contribution in [3.05, 3.63) is 59.7 Å². The fourth-order valence-electron chi connectivity index (χ4n) is 3.92. The molecule has 3 rings (SSSR count). The molecule has 150 valence electrons. The average molecular weight is 380 g/mol. The van der Waals surface area contributed by atoms with E-state index in [4.69, 9.17) is 5.73 Å². The summed E-state index contributed by atoms with van der Waals surface area (Å²) >= 11 is 0. The zero-order valence-corrected chi connectivity index (χ0v) is 16.8. The summed E-state index contributed by atoms with van der Waals surface area (Å²) in [4.78, 5) is 14.4. The van der Waals surface area contributed by atoms with E-state index in [0.29, 0.717) is 6.42 Å². The monoisotopic (exact) mass is 379 g/mol. The second-order valence-electron chi connectivity index (χ2n) is 7.60. The molecule has 2 aromatic carbocycles. The highest BCUT2D eigenvalue weighted by Gasteiger charge is 2.21. The van der Waals surface area contributed by atoms with Crippen molar-refractivity contribution in [2.24, 2.45) is 5.73 Å². The first-order valence-electron chi connectivity index (χ1n) is 10.7. The molecule has 1 heterocycles. The molecule has 2 aromatic rings. The van der Waals surface area contributed by atoms with Crippen LogP contribution in [0.2, 0.25) is 0 Å². The lowest BCUT2D eigenvalue weighted by molar-refractivity contribution is -0.121. The van der Waals surface area contributed by atoms with E-state index < -0.39 is 0 Å². The molecule has 0 bridgehead atoms. The molecule has 0 radical (unpaired) electrons. The van der Waals surface area contributed by atoms with Crippen LogP contribution in [-0.4, -0.2) is 25.5 Å². The van der Waals surface area contributed by atoms with Gasteiger partial charge in [-0.25, -0.2) is 0 Å². The topological polar surface area (TPSA) is 58.4 Å². The van der Waals surface area contributed by atoms with Crippen LogP contribution in [0.5, 0.6) is 0 Å². The minimum absolute atomic E-state index is 0.182.